The Kier molecular flexibility index (Phi) is 2.86. The molecular formula is C16H14N4S. The highest BCUT2D eigenvalue weighted by atomic mass is 32.1. The van der Waals surface area contributed by atoms with Gasteiger partial charge in [0, 0.05) is 0 Å². The summed E-state index contributed by atoms with van der Waals surface area (Å²) in [5, 5.41) is 9.79. The van der Waals surface area contributed by atoms with Gasteiger partial charge in [0.2, 0.25) is 5.95 Å². The van der Waals surface area contributed by atoms with E-state index >= 15 is 0 Å². The van der Waals surface area contributed by atoms with Gasteiger partial charge >= 0.3 is 0 Å². The van der Waals surface area contributed by atoms with E-state index in [0.717, 1.165) is 11.6 Å². The molecule has 4 nitrogen and oxygen atoms in total. The van der Waals surface area contributed by atoms with Crippen LogP contribution in [0.4, 0.5) is 5.95 Å². The number of allylic oxidation sites excluding steroid dienone is 1. The fourth-order valence-corrected chi connectivity index (χ4v) is 3.22. The second kappa shape index (κ2) is 4.86. The molecule has 0 amide bonds. The van der Waals surface area contributed by atoms with Crippen LogP contribution in [0.25, 0.3) is 5.70 Å². The third-order valence-corrected chi connectivity index (χ3v) is 4.52. The van der Waals surface area contributed by atoms with Gasteiger partial charge in [-0.05, 0) is 30.0 Å². The van der Waals surface area contributed by atoms with Gasteiger partial charge in [-0.3, -0.25) is 0 Å². The van der Waals surface area contributed by atoms with Gasteiger partial charge in [0.25, 0.3) is 0 Å². The van der Waals surface area contributed by atoms with Crippen molar-refractivity contribution in [3.63, 3.8) is 0 Å². The summed E-state index contributed by atoms with van der Waals surface area (Å²) in [7, 11) is 0. The maximum atomic E-state index is 4.35. The van der Waals surface area contributed by atoms with Gasteiger partial charge in [-0.2, -0.15) is 10.1 Å². The fraction of sp³-hybridized carbons (Fsp3) is 0.125. The molecule has 3 heterocycles. The first kappa shape index (κ1) is 12.3. The number of fused-ring (bicyclic) bond motifs is 1. The lowest BCUT2D eigenvalue weighted by atomic mass is 10.0. The number of hydrogen-bond acceptors (Lipinski definition) is 4. The highest BCUT2D eigenvalue weighted by Gasteiger charge is 2.23. The van der Waals surface area contributed by atoms with E-state index in [1.165, 1.54) is 16.0 Å². The van der Waals surface area contributed by atoms with E-state index in [1.54, 1.807) is 17.7 Å². The molecule has 4 rings (SSSR count). The number of thiophene rings is 1. The van der Waals surface area contributed by atoms with Crippen LogP contribution in [-0.2, 0) is 0 Å². The Bertz CT molecular complexity index is 784. The minimum absolute atomic E-state index is 0.0708. The quantitative estimate of drug-likeness (QED) is 0.783. The lowest BCUT2D eigenvalue weighted by Gasteiger charge is -2.23. The van der Waals surface area contributed by atoms with Gasteiger partial charge < -0.3 is 5.32 Å². The molecule has 0 bridgehead atoms. The van der Waals surface area contributed by atoms with E-state index in [1.807, 2.05) is 4.68 Å². The van der Waals surface area contributed by atoms with Crippen molar-refractivity contribution in [2.45, 2.75) is 13.0 Å². The van der Waals surface area contributed by atoms with Crippen molar-refractivity contribution in [1.29, 1.82) is 0 Å². The Balaban J connectivity index is 1.82. The van der Waals surface area contributed by atoms with Crippen molar-refractivity contribution in [2.24, 2.45) is 0 Å². The Morgan fingerprint density at radius 3 is 2.81 bits per heavy atom. The average Bonchev–Trinajstić information content (AvgIpc) is 3.18. The number of rotatable bonds is 2. The summed E-state index contributed by atoms with van der Waals surface area (Å²) >= 11 is 1.72. The molecule has 1 aromatic carbocycles. The Morgan fingerprint density at radius 1 is 1.19 bits per heavy atom. The molecule has 2 aromatic heterocycles. The summed E-state index contributed by atoms with van der Waals surface area (Å²) in [5.41, 5.74) is 3.56. The first-order chi connectivity index (χ1) is 10.3. The van der Waals surface area contributed by atoms with Gasteiger partial charge in [0.15, 0.2) is 0 Å². The molecule has 1 N–H and O–H groups in total. The molecule has 0 radical (unpaired) electrons. The molecule has 0 aliphatic carbocycles. The van der Waals surface area contributed by atoms with E-state index < -0.39 is 0 Å². The van der Waals surface area contributed by atoms with E-state index in [2.05, 4.69) is 70.2 Å². The van der Waals surface area contributed by atoms with Crippen molar-refractivity contribution in [1.82, 2.24) is 14.8 Å². The van der Waals surface area contributed by atoms with Gasteiger partial charge in [-0.25, -0.2) is 4.68 Å². The number of aryl methyl sites for hydroxylation is 1. The van der Waals surface area contributed by atoms with Gasteiger partial charge in [0.1, 0.15) is 12.4 Å². The van der Waals surface area contributed by atoms with Gasteiger partial charge in [-0.1, -0.05) is 35.9 Å². The number of nitrogens with one attached hydrogen (secondary N) is 1. The van der Waals surface area contributed by atoms with E-state index in [0.29, 0.717) is 0 Å². The molecule has 1 atom stereocenters. The number of nitrogens with zero attached hydrogens (tertiary/aromatic N) is 3. The molecule has 0 saturated heterocycles. The summed E-state index contributed by atoms with van der Waals surface area (Å²) in [6, 6.07) is 12.8. The van der Waals surface area contributed by atoms with Gasteiger partial charge in [0.05, 0.1) is 10.6 Å². The molecule has 0 spiro atoms. The third kappa shape index (κ3) is 2.15. The summed E-state index contributed by atoms with van der Waals surface area (Å²) < 4.78 is 1.92. The van der Waals surface area contributed by atoms with Crippen LogP contribution in [-0.4, -0.2) is 14.8 Å². The molecule has 1 aliphatic rings. The lowest BCUT2D eigenvalue weighted by Crippen LogP contribution is -2.19. The summed E-state index contributed by atoms with van der Waals surface area (Å²) in [6.07, 6.45) is 3.80. The first-order valence-corrected chi connectivity index (χ1v) is 7.68. The molecule has 104 valence electrons. The second-order valence-electron chi connectivity index (χ2n) is 5.07. The molecule has 3 aromatic rings. The summed E-state index contributed by atoms with van der Waals surface area (Å²) in [4.78, 5) is 5.52. The van der Waals surface area contributed by atoms with Crippen LogP contribution in [0.2, 0.25) is 0 Å². The number of hydrogen-bond donors (Lipinski definition) is 1. The highest BCUT2D eigenvalue weighted by Crippen LogP contribution is 2.33. The summed E-state index contributed by atoms with van der Waals surface area (Å²) in [5.74, 6) is 0.784. The Hall–Kier alpha value is -2.40. The normalized spacial score (nSPS) is 17.0. The number of benzene rings is 1. The first-order valence-electron chi connectivity index (χ1n) is 6.80. The number of aromatic nitrogens is 3. The highest BCUT2D eigenvalue weighted by molar-refractivity contribution is 7.11. The number of anilines is 1. The van der Waals surface area contributed by atoms with Crippen LogP contribution in [0.15, 0.2) is 54.2 Å². The molecule has 21 heavy (non-hydrogen) atoms. The predicted octanol–water partition coefficient (Wildman–Crippen LogP) is 3.70. The average molecular weight is 294 g/mol. The fourth-order valence-electron chi connectivity index (χ4n) is 2.51. The zero-order chi connectivity index (χ0) is 14.2. The van der Waals surface area contributed by atoms with Crippen molar-refractivity contribution >= 4 is 23.0 Å². The van der Waals surface area contributed by atoms with Crippen LogP contribution < -0.4 is 5.32 Å². The lowest BCUT2D eigenvalue weighted by molar-refractivity contribution is 0.612. The Labute approximate surface area is 126 Å². The zero-order valence-electron chi connectivity index (χ0n) is 11.5. The van der Waals surface area contributed by atoms with Crippen LogP contribution in [0.3, 0.4) is 0 Å². The van der Waals surface area contributed by atoms with Crippen molar-refractivity contribution < 1.29 is 0 Å². The molecular weight excluding hydrogens is 280 g/mol. The third-order valence-electron chi connectivity index (χ3n) is 3.61. The van der Waals surface area contributed by atoms with Crippen molar-refractivity contribution in [3.05, 3.63) is 70.2 Å². The van der Waals surface area contributed by atoms with E-state index in [4.69, 9.17) is 0 Å². The van der Waals surface area contributed by atoms with Gasteiger partial charge in [-0.15, -0.1) is 11.3 Å². The Morgan fingerprint density at radius 2 is 2.05 bits per heavy atom. The molecule has 1 aliphatic heterocycles. The van der Waals surface area contributed by atoms with Crippen molar-refractivity contribution in [3.8, 4) is 0 Å². The largest absolute Gasteiger partial charge is 0.323 e. The van der Waals surface area contributed by atoms with Crippen molar-refractivity contribution in [2.75, 3.05) is 5.32 Å². The predicted molar refractivity (Wildman–Crippen MR) is 85.3 cm³/mol. The minimum Gasteiger partial charge on any atom is -0.323 e. The van der Waals surface area contributed by atoms with Crippen LogP contribution >= 0.6 is 11.3 Å². The summed E-state index contributed by atoms with van der Waals surface area (Å²) in [6.45, 7) is 2.10. The van der Waals surface area contributed by atoms with E-state index in [-0.39, 0.29) is 6.04 Å². The maximum Gasteiger partial charge on any atom is 0.226 e. The monoisotopic (exact) mass is 294 g/mol. The van der Waals surface area contributed by atoms with E-state index in [9.17, 15) is 0 Å². The molecule has 0 fully saturated rings. The topological polar surface area (TPSA) is 42.7 Å². The maximum absolute atomic E-state index is 4.35. The zero-order valence-corrected chi connectivity index (χ0v) is 12.3. The molecule has 5 heteroatoms. The molecule has 1 unspecified atom stereocenters. The van der Waals surface area contributed by atoms with Crippen LogP contribution in [0.5, 0.6) is 0 Å². The minimum atomic E-state index is 0.0708. The molecule has 0 saturated carbocycles. The van der Waals surface area contributed by atoms with Crippen LogP contribution in [0.1, 0.15) is 22.0 Å². The second-order valence-corrected chi connectivity index (χ2v) is 6.01. The smallest absolute Gasteiger partial charge is 0.226 e. The standard InChI is InChI=1S/C16H14N4S/c1-11-4-6-12(7-5-11)14-9-13(15-3-2-8-21-15)19-16-17-10-18-20(14)16/h2-10,14H,1H3,(H,17,18,19). The van der Waals surface area contributed by atoms with Crippen LogP contribution in [0, 0.1) is 6.92 Å². The SMILES string of the molecule is Cc1ccc(C2C=C(c3cccs3)Nc3ncnn32)cc1.